The predicted molar refractivity (Wildman–Crippen MR) is 88.9 cm³/mol. The van der Waals surface area contributed by atoms with Gasteiger partial charge in [-0.15, -0.1) is 0 Å². The number of carboxylic acid groups (broad SMARTS) is 1. The maximum atomic E-state index is 12.7. The molecule has 5 atom stereocenters. The monoisotopic (exact) mass is 322 g/mol. The second-order valence-corrected chi connectivity index (χ2v) is 7.23. The molecule has 0 aromatic rings. The molecule has 4 heteroatoms. The van der Waals surface area contributed by atoms with Crippen molar-refractivity contribution >= 4 is 11.9 Å². The van der Waals surface area contributed by atoms with Gasteiger partial charge in [-0.25, -0.2) is 9.59 Å². The zero-order valence-electron chi connectivity index (χ0n) is 14.8. The minimum Gasteiger partial charge on any atom is -0.478 e. The number of fused-ring (bicyclic) bond motifs is 2. The Hall–Kier alpha value is -1.32. The van der Waals surface area contributed by atoms with E-state index < -0.39 is 5.97 Å². The van der Waals surface area contributed by atoms with Gasteiger partial charge in [0.25, 0.3) is 0 Å². The van der Waals surface area contributed by atoms with Crippen LogP contribution < -0.4 is 0 Å². The highest BCUT2D eigenvalue weighted by atomic mass is 16.5. The van der Waals surface area contributed by atoms with Crippen LogP contribution >= 0.6 is 0 Å². The van der Waals surface area contributed by atoms with E-state index in [0.29, 0.717) is 23.0 Å². The predicted octanol–water partition coefficient (Wildman–Crippen LogP) is 4.19. The summed E-state index contributed by atoms with van der Waals surface area (Å²) in [5, 5.41) is 9.56. The lowest BCUT2D eigenvalue weighted by Crippen LogP contribution is -2.29. The lowest BCUT2D eigenvalue weighted by molar-refractivity contribution is -0.146. The Balaban J connectivity index is 2.13. The van der Waals surface area contributed by atoms with Crippen LogP contribution in [0.5, 0.6) is 0 Å². The molecule has 2 aliphatic rings. The van der Waals surface area contributed by atoms with Crippen LogP contribution in [0.2, 0.25) is 0 Å². The molecule has 0 heterocycles. The Morgan fingerprint density at radius 2 is 1.74 bits per heavy atom. The number of ether oxygens (including phenoxy) is 1. The summed E-state index contributed by atoms with van der Waals surface area (Å²) in [5.74, 6) is -0.573. The van der Waals surface area contributed by atoms with Gasteiger partial charge in [-0.2, -0.15) is 0 Å². The number of hydrogen-bond donors (Lipinski definition) is 1. The third kappa shape index (κ3) is 3.46. The molecular formula is C19H30O4. The first-order valence-electron chi connectivity index (χ1n) is 9.10. The number of esters is 1. The number of carbonyl (C=O) groups is 2. The quantitative estimate of drug-likeness (QED) is 0.537. The van der Waals surface area contributed by atoms with Crippen molar-refractivity contribution in [2.24, 2.45) is 23.7 Å². The highest BCUT2D eigenvalue weighted by Crippen LogP contribution is 2.55. The molecule has 1 fully saturated rings. The number of carboxylic acids is 1. The van der Waals surface area contributed by atoms with Crippen molar-refractivity contribution in [2.45, 2.75) is 72.3 Å². The minimum absolute atomic E-state index is 0.00946. The highest BCUT2D eigenvalue weighted by Gasteiger charge is 2.53. The normalized spacial score (nSPS) is 30.6. The molecule has 4 nitrogen and oxygen atoms in total. The van der Waals surface area contributed by atoms with Crippen molar-refractivity contribution in [3.8, 4) is 0 Å². The summed E-state index contributed by atoms with van der Waals surface area (Å²) in [6.07, 6.45) is 5.67. The van der Waals surface area contributed by atoms with Crippen LogP contribution in [0.15, 0.2) is 11.1 Å². The van der Waals surface area contributed by atoms with Crippen LogP contribution in [-0.4, -0.2) is 23.1 Å². The second kappa shape index (κ2) is 7.50. The van der Waals surface area contributed by atoms with Crippen LogP contribution in [0.25, 0.3) is 0 Å². The van der Waals surface area contributed by atoms with Crippen molar-refractivity contribution in [3.63, 3.8) is 0 Å². The Kier molecular flexibility index (Phi) is 5.88. The van der Waals surface area contributed by atoms with Crippen molar-refractivity contribution in [1.29, 1.82) is 0 Å². The largest absolute Gasteiger partial charge is 0.478 e. The minimum atomic E-state index is -0.942. The summed E-state index contributed by atoms with van der Waals surface area (Å²) in [7, 11) is 0. The highest BCUT2D eigenvalue weighted by molar-refractivity contribution is 6.02. The van der Waals surface area contributed by atoms with E-state index in [9.17, 15) is 14.7 Å². The van der Waals surface area contributed by atoms with Crippen molar-refractivity contribution < 1.29 is 19.4 Å². The first kappa shape index (κ1) is 18.0. The van der Waals surface area contributed by atoms with Crippen LogP contribution in [0.4, 0.5) is 0 Å². The maximum Gasteiger partial charge on any atom is 0.335 e. The molecule has 1 N–H and O–H groups in total. The first-order valence-corrected chi connectivity index (χ1v) is 9.10. The Bertz CT molecular complexity index is 494. The maximum absolute atomic E-state index is 12.7. The molecule has 5 unspecified atom stereocenters. The zero-order valence-corrected chi connectivity index (χ0v) is 14.8. The van der Waals surface area contributed by atoms with E-state index in [-0.39, 0.29) is 23.9 Å². The standard InChI is InChI=1S/C19H30O4/c1-5-7-8-9-13(6-2)23-19(22)17-15-10-14(11(3)12(15)4)16(17)18(20)21/h11-15H,5-10H2,1-4H3,(H,20,21). The second-order valence-electron chi connectivity index (χ2n) is 7.23. The van der Waals surface area contributed by atoms with Gasteiger partial charge in [0, 0.05) is 0 Å². The summed E-state index contributed by atoms with van der Waals surface area (Å²) in [4.78, 5) is 24.3. The van der Waals surface area contributed by atoms with E-state index in [0.717, 1.165) is 38.5 Å². The van der Waals surface area contributed by atoms with Crippen molar-refractivity contribution in [3.05, 3.63) is 11.1 Å². The number of unbranched alkanes of at least 4 members (excludes halogenated alkanes) is 2. The molecule has 1 saturated carbocycles. The van der Waals surface area contributed by atoms with Crippen LogP contribution in [0.1, 0.15) is 66.2 Å². The third-order valence-electron chi connectivity index (χ3n) is 5.95. The summed E-state index contributed by atoms with van der Waals surface area (Å²) in [6, 6.07) is 0. The van der Waals surface area contributed by atoms with Gasteiger partial charge in [0.15, 0.2) is 0 Å². The topological polar surface area (TPSA) is 63.6 Å². The molecule has 0 spiro atoms. The van der Waals surface area contributed by atoms with Crippen molar-refractivity contribution in [1.82, 2.24) is 0 Å². The van der Waals surface area contributed by atoms with Gasteiger partial charge in [-0.3, -0.25) is 0 Å². The lowest BCUT2D eigenvalue weighted by Gasteiger charge is -2.28. The average Bonchev–Trinajstić information content (AvgIpc) is 3.04. The molecule has 2 bridgehead atoms. The van der Waals surface area contributed by atoms with E-state index in [2.05, 4.69) is 20.8 Å². The van der Waals surface area contributed by atoms with Gasteiger partial charge in [0.05, 0.1) is 11.1 Å². The lowest BCUT2D eigenvalue weighted by atomic mass is 9.77. The Morgan fingerprint density at radius 3 is 2.26 bits per heavy atom. The third-order valence-corrected chi connectivity index (χ3v) is 5.95. The summed E-state index contributed by atoms with van der Waals surface area (Å²) >= 11 is 0. The Morgan fingerprint density at radius 1 is 1.13 bits per heavy atom. The molecule has 0 aliphatic heterocycles. The smallest absolute Gasteiger partial charge is 0.335 e. The molecule has 2 rings (SSSR count). The summed E-state index contributed by atoms with van der Waals surface area (Å²) in [5.41, 5.74) is 0.788. The van der Waals surface area contributed by atoms with Crippen LogP contribution in [-0.2, 0) is 14.3 Å². The van der Waals surface area contributed by atoms with E-state index in [4.69, 9.17) is 4.74 Å². The molecule has 0 aromatic heterocycles. The molecule has 0 amide bonds. The number of aliphatic carboxylic acids is 1. The number of rotatable bonds is 8. The summed E-state index contributed by atoms with van der Waals surface area (Å²) < 4.78 is 5.69. The fourth-order valence-corrected chi connectivity index (χ4v) is 4.32. The molecule has 23 heavy (non-hydrogen) atoms. The fourth-order valence-electron chi connectivity index (χ4n) is 4.32. The summed E-state index contributed by atoms with van der Waals surface area (Å²) in [6.45, 7) is 8.39. The van der Waals surface area contributed by atoms with Gasteiger partial charge in [-0.1, -0.05) is 40.5 Å². The molecule has 0 saturated heterocycles. The van der Waals surface area contributed by atoms with Gasteiger partial charge in [-0.05, 0) is 49.4 Å². The van der Waals surface area contributed by atoms with Gasteiger partial charge in [0.2, 0.25) is 0 Å². The van der Waals surface area contributed by atoms with E-state index in [1.165, 1.54) is 0 Å². The average molecular weight is 322 g/mol. The first-order chi connectivity index (χ1) is 10.9. The van der Waals surface area contributed by atoms with Crippen LogP contribution in [0, 0.1) is 23.7 Å². The van der Waals surface area contributed by atoms with Gasteiger partial charge in [0.1, 0.15) is 6.10 Å². The SMILES string of the molecule is CCCCCC(CC)OC(=O)C1=C(C(=O)O)C2CC1C(C)C2C. The molecule has 130 valence electrons. The van der Waals surface area contributed by atoms with Crippen LogP contribution in [0.3, 0.4) is 0 Å². The molecule has 0 radical (unpaired) electrons. The van der Waals surface area contributed by atoms with E-state index in [1.54, 1.807) is 0 Å². The molecule has 2 aliphatic carbocycles. The Labute approximate surface area is 139 Å². The molecular weight excluding hydrogens is 292 g/mol. The zero-order chi connectivity index (χ0) is 17.1. The van der Waals surface area contributed by atoms with E-state index in [1.807, 2.05) is 6.92 Å². The van der Waals surface area contributed by atoms with Gasteiger partial charge >= 0.3 is 11.9 Å². The van der Waals surface area contributed by atoms with Gasteiger partial charge < -0.3 is 9.84 Å². The van der Waals surface area contributed by atoms with E-state index >= 15 is 0 Å². The number of carbonyl (C=O) groups excluding carboxylic acids is 1. The van der Waals surface area contributed by atoms with Crippen molar-refractivity contribution in [2.75, 3.05) is 0 Å². The molecule has 0 aromatic carbocycles. The number of hydrogen-bond acceptors (Lipinski definition) is 3. The fraction of sp³-hybridized carbons (Fsp3) is 0.789.